The maximum atomic E-state index is 8.09. The van der Waals surface area contributed by atoms with Crippen LogP contribution in [0.1, 0.15) is 1.37 Å². The molecule has 3 heteroatoms. The summed E-state index contributed by atoms with van der Waals surface area (Å²) in [5.74, 6) is 0. The van der Waals surface area contributed by atoms with Crippen molar-refractivity contribution in [2.75, 3.05) is 0 Å². The van der Waals surface area contributed by atoms with E-state index < -0.39 is 0 Å². The fourth-order valence-electron chi connectivity index (χ4n) is 4.64. The molecule has 3 nitrogen and oxygen atoms in total. The molecule has 0 aliphatic heterocycles. The maximum Gasteiger partial charge on any atom is 0.164 e. The molecule has 7 rings (SSSR count). The Kier molecular flexibility index (Phi) is 2.57. The van der Waals surface area contributed by atoms with E-state index in [1.54, 1.807) is 6.07 Å². The van der Waals surface area contributed by atoms with Crippen LogP contribution in [-0.2, 0) is 0 Å². The Labute approximate surface area is 166 Å². The summed E-state index contributed by atoms with van der Waals surface area (Å²) in [4.78, 5) is 0. The molecule has 0 N–H and O–H groups in total. The number of para-hydroxylation sites is 1. The van der Waals surface area contributed by atoms with E-state index in [1.165, 1.54) is 5.39 Å². The summed E-state index contributed by atoms with van der Waals surface area (Å²) < 4.78 is 14.4. The highest BCUT2D eigenvalue weighted by Gasteiger charge is 2.19. The van der Waals surface area contributed by atoms with Crippen molar-refractivity contribution in [3.05, 3.63) is 84.9 Å². The van der Waals surface area contributed by atoms with Gasteiger partial charge in [-0.1, -0.05) is 72.8 Å². The molecule has 0 spiro atoms. The molecular formula is C26H14N2O. The third-order valence-electron chi connectivity index (χ3n) is 5.86. The molecule has 7 aromatic rings. The summed E-state index contributed by atoms with van der Waals surface area (Å²) >= 11 is 0. The Balaban J connectivity index is 1.88. The number of nitrogens with zero attached hydrogens (tertiary/aromatic N) is 2. The third-order valence-corrected chi connectivity index (χ3v) is 5.86. The number of aromatic nitrogens is 2. The standard InChI is InChI=1S/C26H14N2O/c1-2-8-16-15(7-1)13-14-20-23(16)24-18-10-4-3-9-17(18)22-19-11-5-6-12-21(19)29-26(22)25(24)28-27-20/h1-14H/i5D. The van der Waals surface area contributed by atoms with Gasteiger partial charge in [-0.25, -0.2) is 0 Å². The molecule has 0 radical (unpaired) electrons. The van der Waals surface area contributed by atoms with Crippen molar-refractivity contribution in [1.82, 2.24) is 10.2 Å². The molecule has 0 aliphatic rings. The molecule has 134 valence electrons. The van der Waals surface area contributed by atoms with E-state index in [2.05, 4.69) is 58.7 Å². The van der Waals surface area contributed by atoms with Gasteiger partial charge in [0, 0.05) is 21.5 Å². The summed E-state index contributed by atoms with van der Waals surface area (Å²) in [7, 11) is 0. The van der Waals surface area contributed by atoms with Crippen molar-refractivity contribution in [3.8, 4) is 0 Å². The Morgan fingerprint density at radius 1 is 0.621 bits per heavy atom. The molecule has 0 unspecified atom stereocenters. The molecule has 0 saturated heterocycles. The van der Waals surface area contributed by atoms with Crippen LogP contribution in [0.25, 0.3) is 65.3 Å². The van der Waals surface area contributed by atoms with E-state index in [9.17, 15) is 0 Å². The van der Waals surface area contributed by atoms with Gasteiger partial charge in [-0.3, -0.25) is 0 Å². The van der Waals surface area contributed by atoms with E-state index in [-0.39, 0.29) is 0 Å². The fraction of sp³-hybridized carbons (Fsp3) is 0. The number of rotatable bonds is 0. The van der Waals surface area contributed by atoms with Gasteiger partial charge in [0.25, 0.3) is 0 Å². The normalized spacial score (nSPS) is 12.6. The van der Waals surface area contributed by atoms with Crippen LogP contribution in [0.4, 0.5) is 0 Å². The quantitative estimate of drug-likeness (QED) is 0.270. The maximum absolute atomic E-state index is 8.09. The van der Waals surface area contributed by atoms with E-state index in [0.29, 0.717) is 6.04 Å². The van der Waals surface area contributed by atoms with Gasteiger partial charge in [0.2, 0.25) is 0 Å². The van der Waals surface area contributed by atoms with E-state index in [0.717, 1.165) is 59.9 Å². The Hall–Kier alpha value is -3.98. The molecule has 29 heavy (non-hydrogen) atoms. The van der Waals surface area contributed by atoms with Crippen LogP contribution >= 0.6 is 0 Å². The summed E-state index contributed by atoms with van der Waals surface area (Å²) in [6.07, 6.45) is 0. The molecule has 0 atom stereocenters. The van der Waals surface area contributed by atoms with Crippen LogP contribution in [0.5, 0.6) is 0 Å². The minimum absolute atomic E-state index is 0.463. The van der Waals surface area contributed by atoms with Gasteiger partial charge in [-0.15, -0.1) is 10.2 Å². The minimum Gasteiger partial charge on any atom is -0.454 e. The lowest BCUT2D eigenvalue weighted by molar-refractivity contribution is 0.671. The van der Waals surface area contributed by atoms with Gasteiger partial charge < -0.3 is 4.42 Å². The first-order valence-corrected chi connectivity index (χ1v) is 9.61. The van der Waals surface area contributed by atoms with Crippen LogP contribution in [0.15, 0.2) is 89.3 Å². The largest absolute Gasteiger partial charge is 0.454 e. The van der Waals surface area contributed by atoms with Gasteiger partial charge in [-0.05, 0) is 33.7 Å². The number of furan rings is 1. The average molecular weight is 371 g/mol. The fourth-order valence-corrected chi connectivity index (χ4v) is 4.64. The topological polar surface area (TPSA) is 38.9 Å². The van der Waals surface area contributed by atoms with E-state index in [1.807, 2.05) is 24.3 Å². The van der Waals surface area contributed by atoms with Crippen LogP contribution < -0.4 is 0 Å². The van der Waals surface area contributed by atoms with Crippen molar-refractivity contribution in [2.45, 2.75) is 0 Å². The highest BCUT2D eigenvalue weighted by molar-refractivity contribution is 6.35. The van der Waals surface area contributed by atoms with Crippen molar-refractivity contribution in [3.63, 3.8) is 0 Å². The molecule has 2 heterocycles. The van der Waals surface area contributed by atoms with Crippen LogP contribution in [-0.4, -0.2) is 10.2 Å². The first kappa shape index (κ1) is 14.1. The molecule has 0 aliphatic carbocycles. The minimum atomic E-state index is 0.463. The third kappa shape index (κ3) is 1.87. The van der Waals surface area contributed by atoms with E-state index >= 15 is 0 Å². The van der Waals surface area contributed by atoms with Gasteiger partial charge in [0.1, 0.15) is 11.1 Å². The Morgan fingerprint density at radius 3 is 2.31 bits per heavy atom. The monoisotopic (exact) mass is 371 g/mol. The first-order valence-electron chi connectivity index (χ1n) is 10.1. The zero-order chi connectivity index (χ0) is 19.8. The van der Waals surface area contributed by atoms with Gasteiger partial charge >= 0.3 is 0 Å². The number of hydrogen-bond donors (Lipinski definition) is 0. The molecule has 0 fully saturated rings. The number of benzene rings is 5. The molecule has 5 aromatic carbocycles. The predicted molar refractivity (Wildman–Crippen MR) is 119 cm³/mol. The summed E-state index contributed by atoms with van der Waals surface area (Å²) in [6.45, 7) is 0. The van der Waals surface area contributed by atoms with Crippen LogP contribution in [0.3, 0.4) is 0 Å². The second-order valence-electron chi connectivity index (χ2n) is 7.38. The highest BCUT2D eigenvalue weighted by Crippen LogP contribution is 2.42. The summed E-state index contributed by atoms with van der Waals surface area (Å²) in [6, 6.07) is 26.8. The number of fused-ring (bicyclic) bond motifs is 12. The molecule has 2 aromatic heterocycles. The smallest absolute Gasteiger partial charge is 0.164 e. The lowest BCUT2D eigenvalue weighted by Crippen LogP contribution is -1.91. The number of hydrogen-bond acceptors (Lipinski definition) is 3. The van der Waals surface area contributed by atoms with Crippen LogP contribution in [0, 0.1) is 0 Å². The first-order chi connectivity index (χ1) is 14.8. The van der Waals surface area contributed by atoms with Crippen molar-refractivity contribution >= 4 is 65.3 Å². The van der Waals surface area contributed by atoms with Gasteiger partial charge in [-0.2, -0.15) is 0 Å². The highest BCUT2D eigenvalue weighted by atomic mass is 16.3. The van der Waals surface area contributed by atoms with Gasteiger partial charge in [0.15, 0.2) is 5.58 Å². The van der Waals surface area contributed by atoms with Crippen molar-refractivity contribution < 1.29 is 5.79 Å². The summed E-state index contributed by atoms with van der Waals surface area (Å²) in [5.41, 5.74) is 3.12. The zero-order valence-electron chi connectivity index (χ0n) is 16.3. The Morgan fingerprint density at radius 2 is 1.41 bits per heavy atom. The Bertz CT molecular complexity index is 1820. The van der Waals surface area contributed by atoms with Crippen molar-refractivity contribution in [2.24, 2.45) is 0 Å². The average Bonchev–Trinajstić information content (AvgIpc) is 3.17. The van der Waals surface area contributed by atoms with Crippen molar-refractivity contribution in [1.29, 1.82) is 0 Å². The molecular weight excluding hydrogens is 356 g/mol. The van der Waals surface area contributed by atoms with Gasteiger partial charge in [0.05, 0.1) is 6.89 Å². The SMILES string of the molecule is [2H]c1ccc2oc3c4nnc5ccc6ccccc6c5c4c4ccccc4c3c2c1. The lowest BCUT2D eigenvalue weighted by atomic mass is 9.95. The molecule has 0 amide bonds. The zero-order valence-corrected chi connectivity index (χ0v) is 15.3. The molecule has 0 bridgehead atoms. The second-order valence-corrected chi connectivity index (χ2v) is 7.38. The second kappa shape index (κ2) is 5.30. The predicted octanol–water partition coefficient (Wildman–Crippen LogP) is 6.99. The lowest BCUT2D eigenvalue weighted by Gasteiger charge is -2.10. The molecule has 0 saturated carbocycles. The van der Waals surface area contributed by atoms with Crippen LogP contribution in [0.2, 0.25) is 0 Å². The summed E-state index contributed by atoms with van der Waals surface area (Å²) in [5, 5.41) is 17.8. The van der Waals surface area contributed by atoms with E-state index in [4.69, 9.17) is 5.79 Å².